The second-order valence-corrected chi connectivity index (χ2v) is 5.43. The Balaban J connectivity index is 3.00. The van der Waals surface area contributed by atoms with E-state index in [0.29, 0.717) is 5.82 Å². The summed E-state index contributed by atoms with van der Waals surface area (Å²) in [7, 11) is -2.29. The maximum absolute atomic E-state index is 11.9. The summed E-state index contributed by atoms with van der Waals surface area (Å²) in [5.74, 6) is -0.739. The van der Waals surface area contributed by atoms with Gasteiger partial charge >= 0.3 is 5.97 Å². The second kappa shape index (κ2) is 5.32. The van der Waals surface area contributed by atoms with Gasteiger partial charge < -0.3 is 9.67 Å². The molecule has 0 spiro atoms. The van der Waals surface area contributed by atoms with E-state index in [-0.39, 0.29) is 11.4 Å². The molecule has 0 saturated carbocycles. The Morgan fingerprint density at radius 1 is 1.72 bits per heavy atom. The number of carboxylic acids is 1. The summed E-state index contributed by atoms with van der Waals surface area (Å²) in [6.07, 6.45) is 2.66. The van der Waals surface area contributed by atoms with E-state index in [0.717, 1.165) is 0 Å². The Bertz CT molecular complexity index is 542. The lowest BCUT2D eigenvalue weighted by Gasteiger charge is -2.11. The van der Waals surface area contributed by atoms with Crippen LogP contribution in [-0.4, -0.2) is 35.1 Å². The van der Waals surface area contributed by atoms with Gasteiger partial charge in [-0.05, 0) is 13.3 Å². The van der Waals surface area contributed by atoms with Crippen molar-refractivity contribution in [1.82, 2.24) is 14.3 Å². The standard InChI is InChI=1S/C10H15N3O4S/c1-4-5-8(10(14)15)12-18(16,17)9-6-13(3)7(2)11-9/h4,6,8,12H,1,5H2,2-3H3,(H,14,15). The zero-order valence-corrected chi connectivity index (χ0v) is 10.9. The van der Waals surface area contributed by atoms with E-state index in [2.05, 4.69) is 16.3 Å². The van der Waals surface area contributed by atoms with E-state index < -0.39 is 22.0 Å². The van der Waals surface area contributed by atoms with Crippen molar-refractivity contribution in [3.8, 4) is 0 Å². The molecule has 0 aliphatic carbocycles. The minimum Gasteiger partial charge on any atom is -0.480 e. The molecule has 0 radical (unpaired) electrons. The largest absolute Gasteiger partial charge is 0.480 e. The number of nitrogens with one attached hydrogen (secondary N) is 1. The van der Waals surface area contributed by atoms with Gasteiger partial charge in [0, 0.05) is 13.2 Å². The van der Waals surface area contributed by atoms with Crippen molar-refractivity contribution in [3.63, 3.8) is 0 Å². The quantitative estimate of drug-likeness (QED) is 0.712. The molecular weight excluding hydrogens is 258 g/mol. The van der Waals surface area contributed by atoms with E-state index in [1.165, 1.54) is 16.8 Å². The zero-order valence-electron chi connectivity index (χ0n) is 10.1. The Kier molecular flexibility index (Phi) is 4.25. The van der Waals surface area contributed by atoms with Crippen molar-refractivity contribution in [2.24, 2.45) is 7.05 Å². The first kappa shape index (κ1) is 14.4. The van der Waals surface area contributed by atoms with Gasteiger partial charge in [0.15, 0.2) is 5.03 Å². The number of hydrogen-bond acceptors (Lipinski definition) is 4. The highest BCUT2D eigenvalue weighted by Gasteiger charge is 2.26. The summed E-state index contributed by atoms with van der Waals surface area (Å²) in [4.78, 5) is 14.7. The number of carbonyl (C=O) groups is 1. The molecule has 8 heteroatoms. The summed E-state index contributed by atoms with van der Waals surface area (Å²) in [5.41, 5.74) is 0. The van der Waals surface area contributed by atoms with Crippen molar-refractivity contribution < 1.29 is 18.3 Å². The minimum absolute atomic E-state index is 0.000376. The number of rotatable bonds is 6. The Hall–Kier alpha value is -1.67. The van der Waals surface area contributed by atoms with Crippen LogP contribution in [0, 0.1) is 6.92 Å². The molecule has 1 atom stereocenters. The van der Waals surface area contributed by atoms with Crippen LogP contribution >= 0.6 is 0 Å². The molecular formula is C10H15N3O4S. The third-order valence-electron chi connectivity index (χ3n) is 2.36. The van der Waals surface area contributed by atoms with Gasteiger partial charge in [-0.25, -0.2) is 13.4 Å². The first-order valence-corrected chi connectivity index (χ1v) is 6.62. The Morgan fingerprint density at radius 2 is 2.33 bits per heavy atom. The highest BCUT2D eigenvalue weighted by atomic mass is 32.2. The topological polar surface area (TPSA) is 101 Å². The lowest BCUT2D eigenvalue weighted by Crippen LogP contribution is -2.40. The van der Waals surface area contributed by atoms with Gasteiger partial charge in [-0.2, -0.15) is 4.72 Å². The molecule has 1 unspecified atom stereocenters. The molecule has 1 heterocycles. The third-order valence-corrected chi connectivity index (χ3v) is 3.70. The fourth-order valence-electron chi connectivity index (χ4n) is 1.27. The summed E-state index contributed by atoms with van der Waals surface area (Å²) in [5, 5.41) is 8.68. The number of aromatic nitrogens is 2. The van der Waals surface area contributed by atoms with Crippen LogP contribution in [0.5, 0.6) is 0 Å². The molecule has 0 aromatic carbocycles. The average Bonchev–Trinajstić information content (AvgIpc) is 2.59. The van der Waals surface area contributed by atoms with Gasteiger partial charge in [0.25, 0.3) is 10.0 Å². The molecule has 7 nitrogen and oxygen atoms in total. The number of nitrogens with zero attached hydrogens (tertiary/aromatic N) is 2. The first-order valence-electron chi connectivity index (χ1n) is 5.14. The zero-order chi connectivity index (χ0) is 13.9. The molecule has 0 fully saturated rings. The van der Waals surface area contributed by atoms with Gasteiger partial charge in [0.1, 0.15) is 11.9 Å². The van der Waals surface area contributed by atoms with Crippen molar-refractivity contribution in [1.29, 1.82) is 0 Å². The SMILES string of the molecule is C=CCC(NS(=O)(=O)c1cn(C)c(C)n1)C(=O)O. The van der Waals surface area contributed by atoms with Crippen molar-refractivity contribution in [3.05, 3.63) is 24.7 Å². The third kappa shape index (κ3) is 3.17. The van der Waals surface area contributed by atoms with Crippen LogP contribution in [0.1, 0.15) is 12.2 Å². The van der Waals surface area contributed by atoms with E-state index in [4.69, 9.17) is 5.11 Å². The van der Waals surface area contributed by atoms with Crippen molar-refractivity contribution in [2.75, 3.05) is 0 Å². The highest BCUT2D eigenvalue weighted by molar-refractivity contribution is 7.89. The monoisotopic (exact) mass is 273 g/mol. The molecule has 0 saturated heterocycles. The summed E-state index contributed by atoms with van der Waals surface area (Å²) in [6, 6.07) is -1.24. The molecule has 0 aliphatic rings. The fourth-order valence-corrected chi connectivity index (χ4v) is 2.51. The van der Waals surface area contributed by atoms with E-state index in [9.17, 15) is 13.2 Å². The summed E-state index contributed by atoms with van der Waals surface area (Å²) in [6.45, 7) is 5.04. The second-order valence-electron chi connectivity index (χ2n) is 3.77. The molecule has 0 bridgehead atoms. The van der Waals surface area contributed by atoms with Crippen LogP contribution in [0.25, 0.3) is 0 Å². The van der Waals surface area contributed by atoms with E-state index in [1.807, 2.05) is 0 Å². The van der Waals surface area contributed by atoms with Crippen molar-refractivity contribution in [2.45, 2.75) is 24.4 Å². The maximum Gasteiger partial charge on any atom is 0.322 e. The van der Waals surface area contributed by atoms with Crippen LogP contribution in [0.15, 0.2) is 23.9 Å². The normalized spacial score (nSPS) is 13.2. The number of hydrogen-bond donors (Lipinski definition) is 2. The number of aryl methyl sites for hydroxylation is 2. The predicted molar refractivity (Wildman–Crippen MR) is 64.5 cm³/mol. The molecule has 1 rings (SSSR count). The van der Waals surface area contributed by atoms with Gasteiger partial charge in [0.2, 0.25) is 0 Å². The summed E-state index contributed by atoms with van der Waals surface area (Å²) < 4.78 is 27.4. The average molecular weight is 273 g/mol. The van der Waals surface area contributed by atoms with Gasteiger partial charge in [-0.1, -0.05) is 6.08 Å². The van der Waals surface area contributed by atoms with Gasteiger partial charge in [0.05, 0.1) is 0 Å². The Morgan fingerprint density at radius 3 is 2.72 bits per heavy atom. The maximum atomic E-state index is 11.9. The number of aliphatic carboxylic acids is 1. The lowest BCUT2D eigenvalue weighted by molar-refractivity contribution is -0.138. The summed E-state index contributed by atoms with van der Waals surface area (Å²) >= 11 is 0. The molecule has 18 heavy (non-hydrogen) atoms. The first-order chi connectivity index (χ1) is 8.27. The number of carboxylic acid groups (broad SMARTS) is 1. The van der Waals surface area contributed by atoms with Crippen LogP contribution in [0.2, 0.25) is 0 Å². The van der Waals surface area contributed by atoms with Crippen LogP contribution in [0.3, 0.4) is 0 Å². The fraction of sp³-hybridized carbons (Fsp3) is 0.400. The van der Waals surface area contributed by atoms with Gasteiger partial charge in [-0.3, -0.25) is 4.79 Å². The smallest absolute Gasteiger partial charge is 0.322 e. The minimum atomic E-state index is -3.94. The molecule has 100 valence electrons. The van der Waals surface area contributed by atoms with Gasteiger partial charge in [-0.15, -0.1) is 6.58 Å². The number of imidazole rings is 1. The van der Waals surface area contributed by atoms with Crippen LogP contribution in [0.4, 0.5) is 0 Å². The molecule has 1 aromatic heterocycles. The number of sulfonamides is 1. The predicted octanol–water partition coefficient (Wildman–Crippen LogP) is 0.0361. The Labute approximate surface area is 105 Å². The molecule has 0 amide bonds. The van der Waals surface area contributed by atoms with Crippen LogP contribution in [-0.2, 0) is 21.9 Å². The molecule has 0 aliphatic heterocycles. The molecule has 2 N–H and O–H groups in total. The molecule has 1 aromatic rings. The lowest BCUT2D eigenvalue weighted by atomic mass is 10.2. The highest BCUT2D eigenvalue weighted by Crippen LogP contribution is 2.09. The van der Waals surface area contributed by atoms with E-state index >= 15 is 0 Å². The van der Waals surface area contributed by atoms with Crippen LogP contribution < -0.4 is 4.72 Å². The van der Waals surface area contributed by atoms with Crippen molar-refractivity contribution >= 4 is 16.0 Å². The van der Waals surface area contributed by atoms with E-state index in [1.54, 1.807) is 14.0 Å².